The van der Waals surface area contributed by atoms with Crippen LogP contribution in [-0.2, 0) is 4.74 Å². The topological polar surface area (TPSA) is 57.7 Å². The summed E-state index contributed by atoms with van der Waals surface area (Å²) in [5, 5.41) is 5.77. The number of carbonyl (C=O) groups is 1. The van der Waals surface area contributed by atoms with E-state index in [0.717, 1.165) is 61.7 Å². The zero-order valence-electron chi connectivity index (χ0n) is 20.2. The van der Waals surface area contributed by atoms with Gasteiger partial charge in [0.1, 0.15) is 0 Å². The van der Waals surface area contributed by atoms with Gasteiger partial charge in [-0.1, -0.05) is 12.1 Å². The molecule has 0 bridgehead atoms. The number of likely N-dealkylation sites (tertiary alicyclic amines) is 1. The highest BCUT2D eigenvalue weighted by atomic mass is 32.1. The van der Waals surface area contributed by atoms with Crippen molar-refractivity contribution in [3.8, 4) is 11.3 Å². The summed E-state index contributed by atoms with van der Waals surface area (Å²) in [6, 6.07) is 11.9. The number of pyridine rings is 1. The van der Waals surface area contributed by atoms with Gasteiger partial charge >= 0.3 is 0 Å². The van der Waals surface area contributed by atoms with Crippen molar-refractivity contribution in [2.75, 3.05) is 52.2 Å². The Bertz CT molecular complexity index is 1130. The van der Waals surface area contributed by atoms with Gasteiger partial charge in [0.2, 0.25) is 0 Å². The maximum Gasteiger partial charge on any atom is 0.253 e. The van der Waals surface area contributed by atoms with Gasteiger partial charge in [-0.05, 0) is 68.3 Å². The molecule has 3 aromatic rings. The molecule has 1 N–H and O–H groups in total. The number of rotatable bonds is 7. The smallest absolute Gasteiger partial charge is 0.253 e. The Morgan fingerprint density at radius 1 is 1.18 bits per heavy atom. The van der Waals surface area contributed by atoms with Crippen molar-refractivity contribution in [1.82, 2.24) is 14.8 Å². The van der Waals surface area contributed by atoms with Crippen LogP contribution in [0.5, 0.6) is 0 Å². The molecule has 5 rings (SSSR count). The number of nitrogens with one attached hydrogen (secondary N) is 1. The third-order valence-electron chi connectivity index (χ3n) is 7.16. The lowest BCUT2D eigenvalue weighted by molar-refractivity contribution is -0.0432. The number of hydrogen-bond donors (Lipinski definition) is 1. The second kappa shape index (κ2) is 10.0. The van der Waals surface area contributed by atoms with Gasteiger partial charge in [-0.25, -0.2) is 4.98 Å². The number of aromatic nitrogens is 1. The summed E-state index contributed by atoms with van der Waals surface area (Å²) in [6.45, 7) is 5.32. The molecular formula is C27H34N4O2S. The molecule has 0 saturated carbocycles. The Morgan fingerprint density at radius 2 is 1.97 bits per heavy atom. The van der Waals surface area contributed by atoms with Crippen LogP contribution in [0.2, 0.25) is 0 Å². The summed E-state index contributed by atoms with van der Waals surface area (Å²) in [7, 11) is 3.54. The lowest BCUT2D eigenvalue weighted by atomic mass is 9.88. The molecule has 180 valence electrons. The van der Waals surface area contributed by atoms with E-state index in [1.54, 1.807) is 30.3 Å². The van der Waals surface area contributed by atoms with E-state index in [1.807, 2.05) is 24.3 Å². The zero-order valence-corrected chi connectivity index (χ0v) is 21.0. The van der Waals surface area contributed by atoms with Crippen molar-refractivity contribution in [2.45, 2.75) is 37.7 Å². The van der Waals surface area contributed by atoms with Crippen molar-refractivity contribution in [1.29, 1.82) is 0 Å². The standard InChI is InChI=1S/C27H34N4O2S/c1-30(2)26(32)21-7-5-20(6-8-21)23-19-24(25-22(29-23)9-18-34-25)28-13-4-14-31-15-11-27(12-16-31)10-3-17-33-27/h5-9,18-19H,3-4,10-17H2,1-2H3,(H,28,29). The van der Waals surface area contributed by atoms with Crippen LogP contribution in [-0.4, -0.2) is 73.2 Å². The molecule has 0 radical (unpaired) electrons. The molecule has 2 aromatic heterocycles. The van der Waals surface area contributed by atoms with Gasteiger partial charge in [-0.3, -0.25) is 4.79 Å². The first kappa shape index (κ1) is 23.3. The van der Waals surface area contributed by atoms with E-state index in [-0.39, 0.29) is 11.5 Å². The number of fused-ring (bicyclic) bond motifs is 1. The maximum absolute atomic E-state index is 12.2. The highest BCUT2D eigenvalue weighted by molar-refractivity contribution is 7.17. The number of hydrogen-bond acceptors (Lipinski definition) is 6. The molecule has 0 atom stereocenters. The Morgan fingerprint density at radius 3 is 2.68 bits per heavy atom. The second-order valence-corrected chi connectivity index (χ2v) is 10.6. The van der Waals surface area contributed by atoms with Crippen LogP contribution in [0.4, 0.5) is 5.69 Å². The van der Waals surface area contributed by atoms with Crippen molar-refractivity contribution in [2.24, 2.45) is 0 Å². The predicted molar refractivity (Wildman–Crippen MR) is 140 cm³/mol. The molecule has 1 aromatic carbocycles. The Balaban J connectivity index is 1.21. The molecule has 0 unspecified atom stereocenters. The molecule has 7 heteroatoms. The Hall–Kier alpha value is -2.48. The van der Waals surface area contributed by atoms with Crippen LogP contribution >= 0.6 is 11.3 Å². The number of piperidine rings is 1. The van der Waals surface area contributed by atoms with Gasteiger partial charge in [-0.2, -0.15) is 0 Å². The van der Waals surface area contributed by atoms with Gasteiger partial charge in [-0.15, -0.1) is 11.3 Å². The van der Waals surface area contributed by atoms with E-state index in [1.165, 1.54) is 30.4 Å². The molecule has 1 amide bonds. The van der Waals surface area contributed by atoms with Gasteiger partial charge in [0.25, 0.3) is 5.91 Å². The average molecular weight is 479 g/mol. The van der Waals surface area contributed by atoms with Crippen molar-refractivity contribution in [3.63, 3.8) is 0 Å². The minimum absolute atomic E-state index is 0.00907. The molecule has 4 heterocycles. The van der Waals surface area contributed by atoms with Crippen molar-refractivity contribution < 1.29 is 9.53 Å². The van der Waals surface area contributed by atoms with Gasteiger partial charge < -0.3 is 19.9 Å². The lowest BCUT2D eigenvalue weighted by Crippen LogP contribution is -2.44. The van der Waals surface area contributed by atoms with Crippen LogP contribution < -0.4 is 5.32 Å². The number of benzene rings is 1. The van der Waals surface area contributed by atoms with E-state index in [0.29, 0.717) is 5.56 Å². The van der Waals surface area contributed by atoms with Crippen LogP contribution in [0, 0.1) is 0 Å². The number of carbonyl (C=O) groups excluding carboxylic acids is 1. The van der Waals surface area contributed by atoms with Crippen LogP contribution in [0.3, 0.4) is 0 Å². The second-order valence-electron chi connectivity index (χ2n) is 9.72. The largest absolute Gasteiger partial charge is 0.384 e. The molecule has 1 spiro atoms. The van der Waals surface area contributed by atoms with Crippen molar-refractivity contribution in [3.05, 3.63) is 47.3 Å². The fourth-order valence-corrected chi connectivity index (χ4v) is 5.96. The molecule has 0 aliphatic carbocycles. The predicted octanol–water partition coefficient (Wildman–Crippen LogP) is 5.11. The Kier molecular flexibility index (Phi) is 6.86. The fraction of sp³-hybridized carbons (Fsp3) is 0.481. The van der Waals surface area contributed by atoms with Gasteiger partial charge in [0.05, 0.1) is 27.2 Å². The summed E-state index contributed by atoms with van der Waals surface area (Å²) < 4.78 is 7.26. The van der Waals surface area contributed by atoms with Gasteiger partial charge in [0.15, 0.2) is 0 Å². The molecule has 2 fully saturated rings. The molecule has 6 nitrogen and oxygen atoms in total. The average Bonchev–Trinajstić information content (AvgIpc) is 3.52. The van der Waals surface area contributed by atoms with E-state index in [9.17, 15) is 4.79 Å². The highest BCUT2D eigenvalue weighted by Crippen LogP contribution is 2.36. The molecular weight excluding hydrogens is 444 g/mol. The molecule has 2 aliphatic heterocycles. The third kappa shape index (κ3) is 4.97. The van der Waals surface area contributed by atoms with Crippen LogP contribution in [0.1, 0.15) is 42.5 Å². The van der Waals surface area contributed by atoms with Crippen molar-refractivity contribution >= 4 is 33.1 Å². The van der Waals surface area contributed by atoms with E-state index in [4.69, 9.17) is 9.72 Å². The Labute approximate surface area is 205 Å². The van der Waals surface area contributed by atoms with E-state index < -0.39 is 0 Å². The normalized spacial score (nSPS) is 17.9. The minimum Gasteiger partial charge on any atom is -0.384 e. The monoisotopic (exact) mass is 478 g/mol. The minimum atomic E-state index is 0.00907. The van der Waals surface area contributed by atoms with E-state index >= 15 is 0 Å². The van der Waals surface area contributed by atoms with Crippen LogP contribution in [0.25, 0.3) is 21.5 Å². The lowest BCUT2D eigenvalue weighted by Gasteiger charge is -2.38. The summed E-state index contributed by atoms with van der Waals surface area (Å²) in [5.74, 6) is 0.00907. The first-order valence-corrected chi connectivity index (χ1v) is 13.2. The SMILES string of the molecule is CN(C)C(=O)c1ccc(-c2cc(NCCCN3CCC4(CCCO4)CC3)c3sccc3n2)cc1. The zero-order chi connectivity index (χ0) is 23.5. The number of thiophene rings is 1. The summed E-state index contributed by atoms with van der Waals surface area (Å²) in [4.78, 5) is 21.3. The molecule has 34 heavy (non-hydrogen) atoms. The fourth-order valence-electron chi connectivity index (χ4n) is 5.14. The number of nitrogens with zero attached hydrogens (tertiary/aromatic N) is 3. The molecule has 2 aliphatic rings. The summed E-state index contributed by atoms with van der Waals surface area (Å²) >= 11 is 1.72. The first-order chi connectivity index (χ1) is 16.5. The third-order valence-corrected chi connectivity index (χ3v) is 8.10. The quantitative estimate of drug-likeness (QED) is 0.478. The summed E-state index contributed by atoms with van der Waals surface area (Å²) in [5.41, 5.74) is 4.98. The first-order valence-electron chi connectivity index (χ1n) is 12.3. The number of amides is 1. The summed E-state index contributed by atoms with van der Waals surface area (Å²) in [6.07, 6.45) is 5.96. The van der Waals surface area contributed by atoms with Gasteiger partial charge in [0, 0.05) is 51.5 Å². The van der Waals surface area contributed by atoms with E-state index in [2.05, 4.69) is 27.7 Å². The molecule has 2 saturated heterocycles. The highest BCUT2D eigenvalue weighted by Gasteiger charge is 2.37. The van der Waals surface area contributed by atoms with Crippen LogP contribution in [0.15, 0.2) is 41.8 Å². The number of anilines is 1. The maximum atomic E-state index is 12.2. The number of ether oxygens (including phenoxy) is 1.